The lowest BCUT2D eigenvalue weighted by atomic mass is 9.90. The largest absolute Gasteiger partial charge is 0.463 e. The molecule has 0 bridgehead atoms. The van der Waals surface area contributed by atoms with Crippen LogP contribution < -0.4 is 0 Å². The van der Waals surface area contributed by atoms with Crippen molar-refractivity contribution in [3.8, 4) is 0 Å². The quantitative estimate of drug-likeness (QED) is 0.0401. The van der Waals surface area contributed by atoms with Crippen molar-refractivity contribution in [3.63, 3.8) is 0 Å². The van der Waals surface area contributed by atoms with Gasteiger partial charge in [-0.05, 0) is 44.1 Å². The van der Waals surface area contributed by atoms with Gasteiger partial charge in [-0.15, -0.1) is 0 Å². The molecule has 4 atom stereocenters. The maximum absolute atomic E-state index is 12.3. The van der Waals surface area contributed by atoms with Gasteiger partial charge in [0.2, 0.25) is 0 Å². The van der Waals surface area contributed by atoms with Crippen molar-refractivity contribution in [1.82, 2.24) is 0 Å². The Morgan fingerprint density at radius 2 is 1.18 bits per heavy atom. The zero-order valence-electron chi connectivity index (χ0n) is 31.3. The van der Waals surface area contributed by atoms with Crippen LogP contribution in [0.3, 0.4) is 0 Å². The standard InChI is InChI=1S/C42H72O7/c1-3-5-7-8-9-10-11-12-13-14-15-16-17-18-19-24-28-41(46)48-34-38(44)35-49-42(47)29-25-21-20-23-26-36-30-33-40(45)39(36)32-31-37(43)27-22-6-4-2/h20,23,30-33,36-39,43-44H,3-19,21-22,24-29,34-35H2,1-2H3/b23-20-,32-31+/t36-,37-,38+,39+/m0/s1. The fourth-order valence-corrected chi connectivity index (χ4v) is 6.19. The van der Waals surface area contributed by atoms with E-state index in [2.05, 4.69) is 13.8 Å². The van der Waals surface area contributed by atoms with Gasteiger partial charge in [-0.1, -0.05) is 160 Å². The summed E-state index contributed by atoms with van der Waals surface area (Å²) in [5.74, 6) is -0.783. The molecule has 1 rings (SSSR count). The van der Waals surface area contributed by atoms with E-state index in [-0.39, 0.29) is 49.2 Å². The predicted octanol–water partition coefficient (Wildman–Crippen LogP) is 10.1. The first kappa shape index (κ1) is 44.8. The van der Waals surface area contributed by atoms with Gasteiger partial charge in [0.1, 0.15) is 19.3 Å². The number of unbranched alkanes of at least 4 members (excludes halogenated alkanes) is 18. The molecule has 1 aliphatic rings. The first-order chi connectivity index (χ1) is 23.9. The topological polar surface area (TPSA) is 110 Å². The summed E-state index contributed by atoms with van der Waals surface area (Å²) < 4.78 is 10.3. The fourth-order valence-electron chi connectivity index (χ4n) is 6.19. The van der Waals surface area contributed by atoms with Crippen molar-refractivity contribution in [2.45, 2.75) is 187 Å². The molecule has 0 spiro atoms. The van der Waals surface area contributed by atoms with E-state index < -0.39 is 12.2 Å². The number of carbonyl (C=O) groups is 3. The van der Waals surface area contributed by atoms with Crippen LogP contribution in [0.4, 0.5) is 0 Å². The summed E-state index contributed by atoms with van der Waals surface area (Å²) in [6.07, 6.45) is 36.8. The number of esters is 2. The van der Waals surface area contributed by atoms with E-state index in [1.54, 1.807) is 12.2 Å². The fraction of sp³-hybridized carbons (Fsp3) is 0.786. The highest BCUT2D eigenvalue weighted by Crippen LogP contribution is 2.27. The highest BCUT2D eigenvalue weighted by molar-refractivity contribution is 5.95. The van der Waals surface area contributed by atoms with E-state index in [1.165, 1.54) is 83.5 Å². The summed E-state index contributed by atoms with van der Waals surface area (Å²) >= 11 is 0. The molecule has 0 aromatic heterocycles. The number of hydrogen-bond donors (Lipinski definition) is 2. The number of allylic oxidation sites excluding steroid dienone is 5. The predicted molar refractivity (Wildman–Crippen MR) is 200 cm³/mol. The van der Waals surface area contributed by atoms with Crippen LogP contribution in [-0.2, 0) is 23.9 Å². The molecule has 0 amide bonds. The molecule has 0 aromatic rings. The van der Waals surface area contributed by atoms with Gasteiger partial charge in [-0.3, -0.25) is 14.4 Å². The monoisotopic (exact) mass is 689 g/mol. The molecular formula is C42H72O7. The Bertz CT molecular complexity index is 924. The van der Waals surface area contributed by atoms with E-state index in [9.17, 15) is 24.6 Å². The number of rotatable bonds is 33. The molecule has 0 unspecified atom stereocenters. The van der Waals surface area contributed by atoms with Crippen molar-refractivity contribution < 1.29 is 34.1 Å². The number of ether oxygens (including phenoxy) is 2. The molecule has 0 heterocycles. The second-order valence-corrected chi connectivity index (χ2v) is 14.1. The number of carbonyl (C=O) groups excluding carboxylic acids is 3. The molecule has 0 radical (unpaired) electrons. The lowest BCUT2D eigenvalue weighted by Gasteiger charge is -2.13. The molecular weight excluding hydrogens is 616 g/mol. The normalized spacial score (nSPS) is 17.3. The smallest absolute Gasteiger partial charge is 0.305 e. The zero-order valence-corrected chi connectivity index (χ0v) is 31.3. The number of aliphatic hydroxyl groups excluding tert-OH is 2. The molecule has 0 saturated heterocycles. The molecule has 49 heavy (non-hydrogen) atoms. The van der Waals surface area contributed by atoms with Gasteiger partial charge in [0.05, 0.1) is 6.10 Å². The third-order valence-electron chi connectivity index (χ3n) is 9.38. The van der Waals surface area contributed by atoms with Gasteiger partial charge >= 0.3 is 11.9 Å². The van der Waals surface area contributed by atoms with Gasteiger partial charge < -0.3 is 19.7 Å². The highest BCUT2D eigenvalue weighted by atomic mass is 16.6. The summed E-state index contributed by atoms with van der Waals surface area (Å²) in [7, 11) is 0. The number of hydrogen-bond acceptors (Lipinski definition) is 7. The van der Waals surface area contributed by atoms with Crippen LogP contribution in [0.5, 0.6) is 0 Å². The minimum atomic E-state index is -1.03. The van der Waals surface area contributed by atoms with Crippen LogP contribution in [0.15, 0.2) is 36.5 Å². The van der Waals surface area contributed by atoms with Gasteiger partial charge in [0, 0.05) is 18.8 Å². The van der Waals surface area contributed by atoms with Crippen LogP contribution >= 0.6 is 0 Å². The molecule has 7 heteroatoms. The lowest BCUT2D eigenvalue weighted by molar-refractivity contribution is -0.152. The maximum Gasteiger partial charge on any atom is 0.305 e. The van der Waals surface area contributed by atoms with Crippen molar-refractivity contribution >= 4 is 17.7 Å². The van der Waals surface area contributed by atoms with Crippen molar-refractivity contribution in [2.75, 3.05) is 13.2 Å². The minimum absolute atomic E-state index is 0.0745. The van der Waals surface area contributed by atoms with E-state index in [0.717, 1.165) is 51.4 Å². The Hall–Kier alpha value is -2.25. The Morgan fingerprint density at radius 3 is 1.73 bits per heavy atom. The van der Waals surface area contributed by atoms with Crippen LogP contribution in [0.25, 0.3) is 0 Å². The molecule has 0 saturated carbocycles. The second-order valence-electron chi connectivity index (χ2n) is 14.1. The van der Waals surface area contributed by atoms with Crippen molar-refractivity contribution in [3.05, 3.63) is 36.5 Å². The molecule has 282 valence electrons. The number of aliphatic hydroxyl groups is 2. The van der Waals surface area contributed by atoms with Crippen molar-refractivity contribution in [1.29, 1.82) is 0 Å². The van der Waals surface area contributed by atoms with E-state index in [0.29, 0.717) is 19.3 Å². The molecule has 0 fully saturated rings. The third kappa shape index (κ3) is 26.3. The van der Waals surface area contributed by atoms with Crippen LogP contribution in [0, 0.1) is 11.8 Å². The van der Waals surface area contributed by atoms with Crippen molar-refractivity contribution in [2.24, 2.45) is 11.8 Å². The molecule has 7 nitrogen and oxygen atoms in total. The summed E-state index contributed by atoms with van der Waals surface area (Å²) in [6.45, 7) is 4.04. The summed E-state index contributed by atoms with van der Waals surface area (Å²) in [4.78, 5) is 36.3. The first-order valence-electron chi connectivity index (χ1n) is 20.1. The van der Waals surface area contributed by atoms with E-state index >= 15 is 0 Å². The van der Waals surface area contributed by atoms with Gasteiger partial charge in [0.25, 0.3) is 0 Å². The highest BCUT2D eigenvalue weighted by Gasteiger charge is 2.26. The zero-order chi connectivity index (χ0) is 35.8. The van der Waals surface area contributed by atoms with Crippen LogP contribution in [0.2, 0.25) is 0 Å². The first-order valence-corrected chi connectivity index (χ1v) is 20.1. The second kappa shape index (κ2) is 31.7. The Kier molecular flexibility index (Phi) is 29.0. The molecule has 0 aliphatic heterocycles. The average Bonchev–Trinajstić information content (AvgIpc) is 3.45. The Labute approximate surface area is 299 Å². The van der Waals surface area contributed by atoms with Crippen LogP contribution in [0.1, 0.15) is 174 Å². The SMILES string of the molecule is CCCCCCCCCCCCCCCCCCC(=O)OC[C@@H](O)COC(=O)CCC/C=C\C[C@H]1C=CC(=O)[C@@H]1/C=C/[C@@H](O)CCCCC. The number of ketones is 1. The molecule has 1 aliphatic carbocycles. The maximum atomic E-state index is 12.3. The average molecular weight is 689 g/mol. The minimum Gasteiger partial charge on any atom is -0.463 e. The summed E-state index contributed by atoms with van der Waals surface area (Å²) in [6, 6.07) is 0. The summed E-state index contributed by atoms with van der Waals surface area (Å²) in [5.41, 5.74) is 0. The van der Waals surface area contributed by atoms with E-state index in [1.807, 2.05) is 24.3 Å². The molecule has 0 aromatic carbocycles. The van der Waals surface area contributed by atoms with E-state index in [4.69, 9.17) is 9.47 Å². The Balaban J connectivity index is 1.98. The summed E-state index contributed by atoms with van der Waals surface area (Å²) in [5, 5.41) is 20.2. The van der Waals surface area contributed by atoms with Crippen LogP contribution in [-0.4, -0.2) is 53.4 Å². The molecule has 2 N–H and O–H groups in total. The van der Waals surface area contributed by atoms with Gasteiger partial charge in [-0.2, -0.15) is 0 Å². The van der Waals surface area contributed by atoms with Gasteiger partial charge in [0.15, 0.2) is 5.78 Å². The Morgan fingerprint density at radius 1 is 0.694 bits per heavy atom. The van der Waals surface area contributed by atoms with Gasteiger partial charge in [-0.25, -0.2) is 0 Å². The third-order valence-corrected chi connectivity index (χ3v) is 9.38. The lowest BCUT2D eigenvalue weighted by Crippen LogP contribution is -2.25.